The maximum absolute atomic E-state index is 12.6. The van der Waals surface area contributed by atoms with Crippen molar-refractivity contribution < 1.29 is 14.7 Å². The Morgan fingerprint density at radius 2 is 2.00 bits per heavy atom. The monoisotopic (exact) mass is 282 g/mol. The highest BCUT2D eigenvalue weighted by Crippen LogP contribution is 2.30. The number of amides is 2. The number of urea groups is 1. The lowest BCUT2D eigenvalue weighted by molar-refractivity contribution is -0.138. The van der Waals surface area contributed by atoms with Crippen molar-refractivity contribution in [2.24, 2.45) is 11.8 Å². The summed E-state index contributed by atoms with van der Waals surface area (Å²) in [6.07, 6.45) is 4.28. The maximum Gasteiger partial charge on any atom is 0.320 e. The molecule has 2 aliphatic rings. The van der Waals surface area contributed by atoms with Gasteiger partial charge in [-0.05, 0) is 37.5 Å². The molecule has 0 aromatic heterocycles. The molecule has 2 rings (SSSR count). The standard InChI is InChI=1S/C15H26N2O3/c1-11(2)5-8-17(13-3-4-13)15(20)16-7-6-12(10-16)9-14(18)19/h11-13H,3-10H2,1-2H3,(H,18,19). The molecule has 0 aromatic rings. The molecule has 1 unspecified atom stereocenters. The van der Waals surface area contributed by atoms with Crippen molar-refractivity contribution >= 4 is 12.0 Å². The maximum atomic E-state index is 12.6. The molecule has 5 nitrogen and oxygen atoms in total. The molecule has 1 aliphatic carbocycles. The first-order chi connectivity index (χ1) is 9.47. The highest BCUT2D eigenvalue weighted by Gasteiger charge is 2.37. The normalized spacial score (nSPS) is 22.4. The van der Waals surface area contributed by atoms with Crippen molar-refractivity contribution in [3.05, 3.63) is 0 Å². The van der Waals surface area contributed by atoms with Crippen molar-refractivity contribution in [1.82, 2.24) is 9.80 Å². The summed E-state index contributed by atoms with van der Waals surface area (Å²) in [7, 11) is 0. The van der Waals surface area contributed by atoms with Gasteiger partial charge < -0.3 is 14.9 Å². The van der Waals surface area contributed by atoms with Crippen LogP contribution in [0.3, 0.4) is 0 Å². The van der Waals surface area contributed by atoms with E-state index in [4.69, 9.17) is 5.11 Å². The summed E-state index contributed by atoms with van der Waals surface area (Å²) in [6, 6.07) is 0.556. The summed E-state index contributed by atoms with van der Waals surface area (Å²) in [5.41, 5.74) is 0. The molecule has 1 aliphatic heterocycles. The molecule has 0 aromatic carbocycles. The summed E-state index contributed by atoms with van der Waals surface area (Å²) in [5.74, 6) is -0.0341. The summed E-state index contributed by atoms with van der Waals surface area (Å²) >= 11 is 0. The molecule has 0 radical (unpaired) electrons. The molecule has 1 heterocycles. The Bertz CT molecular complexity index is 366. The number of carboxylic acids is 1. The predicted octanol–water partition coefficient (Wildman–Crippen LogP) is 2.41. The molecule has 2 amide bonds. The number of carbonyl (C=O) groups is 2. The number of likely N-dealkylation sites (tertiary alicyclic amines) is 1. The third-order valence-corrected chi connectivity index (χ3v) is 4.20. The lowest BCUT2D eigenvalue weighted by atomic mass is 10.1. The number of rotatable bonds is 6. The Labute approximate surface area is 120 Å². The minimum atomic E-state index is -0.761. The smallest absolute Gasteiger partial charge is 0.320 e. The molecule has 1 N–H and O–H groups in total. The Balaban J connectivity index is 1.86. The molecular weight excluding hydrogens is 256 g/mol. The van der Waals surface area contributed by atoms with Crippen molar-refractivity contribution in [2.75, 3.05) is 19.6 Å². The Morgan fingerprint density at radius 1 is 1.30 bits per heavy atom. The zero-order chi connectivity index (χ0) is 14.7. The fourth-order valence-corrected chi connectivity index (χ4v) is 2.82. The van der Waals surface area contributed by atoms with Gasteiger partial charge in [-0.2, -0.15) is 0 Å². The second kappa shape index (κ2) is 6.46. The van der Waals surface area contributed by atoms with E-state index < -0.39 is 5.97 Å². The number of nitrogens with zero attached hydrogens (tertiary/aromatic N) is 2. The van der Waals surface area contributed by atoms with Gasteiger partial charge in [0, 0.05) is 32.1 Å². The first-order valence-corrected chi connectivity index (χ1v) is 7.74. The second-order valence-electron chi connectivity index (χ2n) is 6.59. The molecule has 0 bridgehead atoms. The van der Waals surface area contributed by atoms with Gasteiger partial charge in [-0.3, -0.25) is 4.79 Å². The van der Waals surface area contributed by atoms with E-state index in [1.165, 1.54) is 0 Å². The van der Waals surface area contributed by atoms with E-state index >= 15 is 0 Å². The highest BCUT2D eigenvalue weighted by atomic mass is 16.4. The topological polar surface area (TPSA) is 60.9 Å². The van der Waals surface area contributed by atoms with E-state index in [-0.39, 0.29) is 18.4 Å². The number of aliphatic carboxylic acids is 1. The molecule has 114 valence electrons. The van der Waals surface area contributed by atoms with Crippen LogP contribution in [0.1, 0.15) is 46.0 Å². The third kappa shape index (κ3) is 4.12. The lowest BCUT2D eigenvalue weighted by Gasteiger charge is -2.28. The van der Waals surface area contributed by atoms with Gasteiger partial charge in [0.05, 0.1) is 0 Å². The van der Waals surface area contributed by atoms with E-state index in [2.05, 4.69) is 13.8 Å². The van der Waals surface area contributed by atoms with Crippen LogP contribution in [-0.4, -0.2) is 52.6 Å². The molecule has 1 atom stereocenters. The van der Waals surface area contributed by atoms with Crippen LogP contribution in [0.15, 0.2) is 0 Å². The van der Waals surface area contributed by atoms with E-state index in [0.29, 0.717) is 25.0 Å². The fraction of sp³-hybridized carbons (Fsp3) is 0.867. The Kier molecular flexibility index (Phi) is 4.89. The van der Waals surface area contributed by atoms with Crippen LogP contribution in [0.2, 0.25) is 0 Å². The number of carboxylic acid groups (broad SMARTS) is 1. The van der Waals surface area contributed by atoms with Crippen molar-refractivity contribution in [3.8, 4) is 0 Å². The molecule has 5 heteroatoms. The second-order valence-corrected chi connectivity index (χ2v) is 6.59. The lowest BCUT2D eigenvalue weighted by Crippen LogP contribution is -2.44. The van der Waals surface area contributed by atoms with E-state index in [1.807, 2.05) is 9.80 Å². The minimum Gasteiger partial charge on any atom is -0.481 e. The fourth-order valence-electron chi connectivity index (χ4n) is 2.82. The Morgan fingerprint density at radius 3 is 2.55 bits per heavy atom. The third-order valence-electron chi connectivity index (χ3n) is 4.20. The summed E-state index contributed by atoms with van der Waals surface area (Å²) < 4.78 is 0. The number of hydrogen-bond donors (Lipinski definition) is 1. The van der Waals surface area contributed by atoms with E-state index in [0.717, 1.165) is 32.2 Å². The van der Waals surface area contributed by atoms with Crippen LogP contribution in [0.25, 0.3) is 0 Å². The average Bonchev–Trinajstić information content (AvgIpc) is 3.08. The largest absolute Gasteiger partial charge is 0.481 e. The van der Waals surface area contributed by atoms with Gasteiger partial charge in [0.2, 0.25) is 0 Å². The van der Waals surface area contributed by atoms with Crippen LogP contribution >= 0.6 is 0 Å². The SMILES string of the molecule is CC(C)CCN(C(=O)N1CCC(CC(=O)O)C1)C1CC1. The van der Waals surface area contributed by atoms with Crippen LogP contribution < -0.4 is 0 Å². The van der Waals surface area contributed by atoms with Crippen LogP contribution in [0.5, 0.6) is 0 Å². The van der Waals surface area contributed by atoms with Gasteiger partial charge in [0.25, 0.3) is 0 Å². The number of hydrogen-bond acceptors (Lipinski definition) is 2. The summed E-state index contributed by atoms with van der Waals surface area (Å²) in [5, 5.41) is 8.84. The zero-order valence-corrected chi connectivity index (χ0v) is 12.5. The van der Waals surface area contributed by atoms with E-state index in [1.54, 1.807) is 0 Å². The zero-order valence-electron chi connectivity index (χ0n) is 12.5. The Hall–Kier alpha value is -1.26. The first kappa shape index (κ1) is 15.1. The minimum absolute atomic E-state index is 0.126. The van der Waals surface area contributed by atoms with E-state index in [9.17, 15) is 9.59 Å². The summed E-state index contributed by atoms with van der Waals surface area (Å²) in [4.78, 5) is 27.2. The van der Waals surface area contributed by atoms with Gasteiger partial charge in [0.15, 0.2) is 0 Å². The van der Waals surface area contributed by atoms with Gasteiger partial charge in [-0.25, -0.2) is 4.79 Å². The van der Waals surface area contributed by atoms with Crippen molar-refractivity contribution in [1.29, 1.82) is 0 Å². The highest BCUT2D eigenvalue weighted by molar-refractivity contribution is 5.75. The van der Waals surface area contributed by atoms with Gasteiger partial charge in [-0.1, -0.05) is 13.8 Å². The van der Waals surface area contributed by atoms with Gasteiger partial charge in [0.1, 0.15) is 0 Å². The molecule has 20 heavy (non-hydrogen) atoms. The molecular formula is C15H26N2O3. The molecule has 1 saturated heterocycles. The molecule has 2 fully saturated rings. The quantitative estimate of drug-likeness (QED) is 0.814. The van der Waals surface area contributed by atoms with Crippen LogP contribution in [-0.2, 0) is 4.79 Å². The average molecular weight is 282 g/mol. The summed E-state index contributed by atoms with van der Waals surface area (Å²) in [6.45, 7) is 6.50. The van der Waals surface area contributed by atoms with Crippen LogP contribution in [0, 0.1) is 11.8 Å². The van der Waals surface area contributed by atoms with Gasteiger partial charge in [-0.15, -0.1) is 0 Å². The van der Waals surface area contributed by atoms with Crippen LogP contribution in [0.4, 0.5) is 4.79 Å². The number of carbonyl (C=O) groups excluding carboxylic acids is 1. The molecule has 0 spiro atoms. The molecule has 1 saturated carbocycles. The predicted molar refractivity (Wildman–Crippen MR) is 76.5 cm³/mol. The van der Waals surface area contributed by atoms with Crippen molar-refractivity contribution in [2.45, 2.75) is 52.0 Å². The van der Waals surface area contributed by atoms with Gasteiger partial charge >= 0.3 is 12.0 Å². The first-order valence-electron chi connectivity index (χ1n) is 7.74. The van der Waals surface area contributed by atoms with Crippen molar-refractivity contribution in [3.63, 3.8) is 0 Å².